The molecule has 2 N–H and O–H groups in total. The van der Waals surface area contributed by atoms with Crippen molar-refractivity contribution in [3.05, 3.63) is 53.1 Å². The van der Waals surface area contributed by atoms with Crippen LogP contribution >= 0.6 is 0 Å². The minimum atomic E-state index is 0.846. The molecule has 0 radical (unpaired) electrons. The maximum Gasteiger partial charge on any atom is 0.123 e. The first-order chi connectivity index (χ1) is 9.67. The van der Waals surface area contributed by atoms with Crippen molar-refractivity contribution in [2.45, 2.75) is 19.9 Å². The standard InChI is InChI=1S/C17H20N2O/c1-12-3-6-17(20-2)14(9-12)11-19-8-7-13-10-15(18)4-5-16(13)19/h3-6,9-10H,7-8,11,18H2,1-2H3. The number of hydrogen-bond acceptors (Lipinski definition) is 3. The molecule has 3 nitrogen and oxygen atoms in total. The minimum absolute atomic E-state index is 0.846. The average Bonchev–Trinajstić information content (AvgIpc) is 2.81. The lowest BCUT2D eigenvalue weighted by atomic mass is 10.1. The molecule has 0 aromatic heterocycles. The third kappa shape index (κ3) is 2.31. The Bertz CT molecular complexity index is 637. The largest absolute Gasteiger partial charge is 0.496 e. The topological polar surface area (TPSA) is 38.5 Å². The monoisotopic (exact) mass is 268 g/mol. The lowest BCUT2D eigenvalue weighted by Gasteiger charge is -2.21. The fourth-order valence-electron chi connectivity index (χ4n) is 2.89. The summed E-state index contributed by atoms with van der Waals surface area (Å²) < 4.78 is 5.47. The predicted molar refractivity (Wildman–Crippen MR) is 83.3 cm³/mol. The molecule has 1 aliphatic rings. The quantitative estimate of drug-likeness (QED) is 0.869. The zero-order chi connectivity index (χ0) is 14.1. The van der Waals surface area contributed by atoms with Gasteiger partial charge in [-0.25, -0.2) is 0 Å². The van der Waals surface area contributed by atoms with Crippen LogP contribution in [0.15, 0.2) is 36.4 Å². The maximum atomic E-state index is 5.86. The summed E-state index contributed by atoms with van der Waals surface area (Å²) >= 11 is 0. The van der Waals surface area contributed by atoms with E-state index in [9.17, 15) is 0 Å². The number of hydrogen-bond donors (Lipinski definition) is 1. The Kier molecular flexibility index (Phi) is 3.26. The molecule has 0 saturated carbocycles. The van der Waals surface area contributed by atoms with E-state index in [1.54, 1.807) is 7.11 Å². The first-order valence-electron chi connectivity index (χ1n) is 6.94. The summed E-state index contributed by atoms with van der Waals surface area (Å²) in [6.45, 7) is 4.03. The molecule has 2 aromatic rings. The number of aryl methyl sites for hydroxylation is 1. The van der Waals surface area contributed by atoms with Crippen LogP contribution < -0.4 is 15.4 Å². The lowest BCUT2D eigenvalue weighted by Crippen LogP contribution is -2.20. The summed E-state index contributed by atoms with van der Waals surface area (Å²) in [7, 11) is 1.73. The first kappa shape index (κ1) is 12.9. The van der Waals surface area contributed by atoms with Crippen LogP contribution in [-0.2, 0) is 13.0 Å². The Morgan fingerprint density at radius 1 is 1.20 bits per heavy atom. The Labute approximate surface area is 120 Å². The minimum Gasteiger partial charge on any atom is -0.496 e. The lowest BCUT2D eigenvalue weighted by molar-refractivity contribution is 0.409. The van der Waals surface area contributed by atoms with Gasteiger partial charge in [0.1, 0.15) is 5.75 Å². The molecule has 1 aliphatic heterocycles. The summed E-state index contributed by atoms with van der Waals surface area (Å²) in [5.41, 5.74) is 11.8. The number of anilines is 2. The van der Waals surface area contributed by atoms with Gasteiger partial charge < -0.3 is 15.4 Å². The second-order valence-corrected chi connectivity index (χ2v) is 5.38. The van der Waals surface area contributed by atoms with E-state index in [4.69, 9.17) is 10.5 Å². The summed E-state index contributed by atoms with van der Waals surface area (Å²) in [6.07, 6.45) is 1.06. The van der Waals surface area contributed by atoms with E-state index in [1.165, 1.54) is 22.4 Å². The van der Waals surface area contributed by atoms with Crippen molar-refractivity contribution in [3.8, 4) is 5.75 Å². The molecule has 104 valence electrons. The molecule has 0 fully saturated rings. The number of nitrogens with zero attached hydrogens (tertiary/aromatic N) is 1. The fraction of sp³-hybridized carbons (Fsp3) is 0.294. The number of ether oxygens (including phenoxy) is 1. The van der Waals surface area contributed by atoms with Crippen molar-refractivity contribution in [2.24, 2.45) is 0 Å². The number of nitrogens with two attached hydrogens (primary N) is 1. The van der Waals surface area contributed by atoms with Gasteiger partial charge in [-0.3, -0.25) is 0 Å². The zero-order valence-electron chi connectivity index (χ0n) is 12.0. The number of methoxy groups -OCH3 is 1. The Balaban J connectivity index is 1.89. The summed E-state index contributed by atoms with van der Waals surface area (Å²) in [6, 6.07) is 12.5. The van der Waals surface area contributed by atoms with Crippen LogP contribution in [0.2, 0.25) is 0 Å². The molecule has 0 spiro atoms. The second-order valence-electron chi connectivity index (χ2n) is 5.38. The van der Waals surface area contributed by atoms with Gasteiger partial charge in [0.25, 0.3) is 0 Å². The van der Waals surface area contributed by atoms with Crippen LogP contribution in [0.1, 0.15) is 16.7 Å². The van der Waals surface area contributed by atoms with Gasteiger partial charge in [-0.2, -0.15) is 0 Å². The molecular weight excluding hydrogens is 248 g/mol. The van der Waals surface area contributed by atoms with Gasteiger partial charge in [0, 0.05) is 30.0 Å². The van der Waals surface area contributed by atoms with Crippen molar-refractivity contribution in [1.29, 1.82) is 0 Å². The van der Waals surface area contributed by atoms with E-state index < -0.39 is 0 Å². The highest BCUT2D eigenvalue weighted by atomic mass is 16.5. The van der Waals surface area contributed by atoms with Gasteiger partial charge in [-0.15, -0.1) is 0 Å². The smallest absolute Gasteiger partial charge is 0.123 e. The molecule has 0 bridgehead atoms. The van der Waals surface area contributed by atoms with Crippen LogP contribution in [0.5, 0.6) is 5.75 Å². The van der Waals surface area contributed by atoms with Gasteiger partial charge in [0.15, 0.2) is 0 Å². The molecular formula is C17H20N2O. The van der Waals surface area contributed by atoms with Crippen LogP contribution in [0.25, 0.3) is 0 Å². The van der Waals surface area contributed by atoms with E-state index in [0.29, 0.717) is 0 Å². The number of benzene rings is 2. The van der Waals surface area contributed by atoms with E-state index in [0.717, 1.165) is 30.9 Å². The summed E-state index contributed by atoms with van der Waals surface area (Å²) in [4.78, 5) is 2.39. The first-order valence-corrected chi connectivity index (χ1v) is 6.94. The number of nitrogen functional groups attached to an aromatic ring is 1. The van der Waals surface area contributed by atoms with Crippen molar-refractivity contribution in [2.75, 3.05) is 24.3 Å². The molecule has 1 heterocycles. The highest BCUT2D eigenvalue weighted by Crippen LogP contribution is 2.32. The van der Waals surface area contributed by atoms with E-state index in [1.807, 2.05) is 12.1 Å². The maximum absolute atomic E-state index is 5.86. The molecule has 0 amide bonds. The highest BCUT2D eigenvalue weighted by Gasteiger charge is 2.20. The molecule has 3 rings (SSSR count). The normalized spacial score (nSPS) is 13.4. The van der Waals surface area contributed by atoms with Gasteiger partial charge in [0.2, 0.25) is 0 Å². The van der Waals surface area contributed by atoms with Gasteiger partial charge in [0.05, 0.1) is 7.11 Å². The van der Waals surface area contributed by atoms with Crippen LogP contribution in [0.3, 0.4) is 0 Å². The third-order valence-corrected chi connectivity index (χ3v) is 3.89. The molecule has 0 atom stereocenters. The van der Waals surface area contributed by atoms with Crippen molar-refractivity contribution in [3.63, 3.8) is 0 Å². The SMILES string of the molecule is COc1ccc(C)cc1CN1CCc2cc(N)ccc21. The van der Waals surface area contributed by atoms with Crippen LogP contribution in [0.4, 0.5) is 11.4 Å². The summed E-state index contributed by atoms with van der Waals surface area (Å²) in [5.74, 6) is 0.958. The Morgan fingerprint density at radius 2 is 2.05 bits per heavy atom. The third-order valence-electron chi connectivity index (χ3n) is 3.89. The Hall–Kier alpha value is -2.16. The highest BCUT2D eigenvalue weighted by molar-refractivity contribution is 5.63. The van der Waals surface area contributed by atoms with E-state index in [2.05, 4.69) is 36.1 Å². The van der Waals surface area contributed by atoms with Crippen molar-refractivity contribution >= 4 is 11.4 Å². The van der Waals surface area contributed by atoms with Gasteiger partial charge >= 0.3 is 0 Å². The van der Waals surface area contributed by atoms with Gasteiger partial charge in [-0.1, -0.05) is 17.7 Å². The van der Waals surface area contributed by atoms with E-state index in [-0.39, 0.29) is 0 Å². The number of rotatable bonds is 3. The molecule has 0 saturated heterocycles. The van der Waals surface area contributed by atoms with E-state index >= 15 is 0 Å². The zero-order valence-corrected chi connectivity index (χ0v) is 12.0. The number of fused-ring (bicyclic) bond motifs is 1. The van der Waals surface area contributed by atoms with Crippen LogP contribution in [0, 0.1) is 6.92 Å². The second kappa shape index (κ2) is 5.08. The molecule has 0 aliphatic carbocycles. The average molecular weight is 268 g/mol. The van der Waals surface area contributed by atoms with Crippen molar-refractivity contribution < 1.29 is 4.74 Å². The molecule has 0 unspecified atom stereocenters. The van der Waals surface area contributed by atoms with Crippen LogP contribution in [-0.4, -0.2) is 13.7 Å². The fourth-order valence-corrected chi connectivity index (χ4v) is 2.89. The van der Waals surface area contributed by atoms with Gasteiger partial charge in [-0.05, 0) is 43.2 Å². The summed E-state index contributed by atoms with van der Waals surface area (Å²) in [5, 5.41) is 0. The molecule has 2 aromatic carbocycles. The Morgan fingerprint density at radius 3 is 2.85 bits per heavy atom. The van der Waals surface area contributed by atoms with Crippen molar-refractivity contribution in [1.82, 2.24) is 0 Å². The molecule has 20 heavy (non-hydrogen) atoms. The molecule has 3 heteroatoms. The predicted octanol–water partition coefficient (Wildman–Crippen LogP) is 3.15.